The molecule has 2 aliphatic rings. The van der Waals surface area contributed by atoms with Crippen molar-refractivity contribution < 1.29 is 0 Å². The summed E-state index contributed by atoms with van der Waals surface area (Å²) >= 11 is 0. The molecule has 6 aromatic carbocycles. The van der Waals surface area contributed by atoms with Gasteiger partial charge in [0.15, 0.2) is 0 Å². The van der Waals surface area contributed by atoms with Gasteiger partial charge in [-0.2, -0.15) is 0 Å². The number of aromatic nitrogens is 2. The normalized spacial score (nSPS) is 14.3. The Bertz CT molecular complexity index is 2280. The second-order valence-electron chi connectivity index (χ2n) is 13.3. The van der Waals surface area contributed by atoms with Crippen LogP contribution in [0.3, 0.4) is 0 Å². The SMILES string of the molecule is c1ccc(C2(c3cccc(-c4cccc(C5(c6ccccn6)c6ccccc6-c6ccccc65)c4)c3)c3ccccc3-c3ccccc32)nc1. The van der Waals surface area contributed by atoms with Gasteiger partial charge in [0.25, 0.3) is 0 Å². The molecule has 2 nitrogen and oxygen atoms in total. The molecule has 0 fully saturated rings. The maximum Gasteiger partial charge on any atom is 0.0886 e. The highest BCUT2D eigenvalue weighted by atomic mass is 14.7. The zero-order valence-corrected chi connectivity index (χ0v) is 27.4. The Labute approximate surface area is 292 Å². The number of rotatable bonds is 5. The lowest BCUT2D eigenvalue weighted by Gasteiger charge is -2.33. The van der Waals surface area contributed by atoms with Crippen LogP contribution in [0, 0.1) is 0 Å². The molecule has 2 aromatic heterocycles. The zero-order valence-electron chi connectivity index (χ0n) is 27.4. The maximum atomic E-state index is 5.05. The van der Waals surface area contributed by atoms with Crippen LogP contribution in [0.2, 0.25) is 0 Å². The highest BCUT2D eigenvalue weighted by molar-refractivity contribution is 5.88. The predicted molar refractivity (Wildman–Crippen MR) is 202 cm³/mol. The topological polar surface area (TPSA) is 25.8 Å². The lowest BCUT2D eigenvalue weighted by molar-refractivity contribution is 0.733. The molecular formula is C48H32N2. The molecule has 0 atom stereocenters. The second kappa shape index (κ2) is 11.1. The largest absolute Gasteiger partial charge is 0.260 e. The van der Waals surface area contributed by atoms with Crippen LogP contribution in [0.15, 0.2) is 194 Å². The third-order valence-electron chi connectivity index (χ3n) is 10.9. The molecule has 2 aliphatic carbocycles. The summed E-state index contributed by atoms with van der Waals surface area (Å²) in [6, 6.07) is 66.1. The summed E-state index contributed by atoms with van der Waals surface area (Å²) in [7, 11) is 0. The van der Waals surface area contributed by atoms with E-state index >= 15 is 0 Å². The van der Waals surface area contributed by atoms with Crippen molar-refractivity contribution in [3.63, 3.8) is 0 Å². The fourth-order valence-electron chi connectivity index (χ4n) is 8.97. The third-order valence-corrected chi connectivity index (χ3v) is 10.9. The molecule has 0 saturated carbocycles. The molecule has 0 N–H and O–H groups in total. The summed E-state index contributed by atoms with van der Waals surface area (Å²) in [6.45, 7) is 0. The van der Waals surface area contributed by atoms with Gasteiger partial charge in [0, 0.05) is 12.4 Å². The first-order valence-electron chi connectivity index (χ1n) is 17.2. The number of hydrogen-bond acceptors (Lipinski definition) is 2. The number of benzene rings is 6. The molecule has 10 rings (SSSR count). The van der Waals surface area contributed by atoms with Crippen molar-refractivity contribution in [3.8, 4) is 33.4 Å². The molecule has 8 aromatic rings. The van der Waals surface area contributed by atoms with Crippen molar-refractivity contribution in [2.75, 3.05) is 0 Å². The lowest BCUT2D eigenvalue weighted by Crippen LogP contribution is -2.30. The van der Waals surface area contributed by atoms with Crippen LogP contribution < -0.4 is 0 Å². The minimum Gasteiger partial charge on any atom is -0.260 e. The first kappa shape index (κ1) is 28.6. The Morgan fingerprint density at radius 2 is 0.640 bits per heavy atom. The molecular weight excluding hydrogens is 605 g/mol. The van der Waals surface area contributed by atoms with Crippen LogP contribution in [0.25, 0.3) is 33.4 Å². The summed E-state index contributed by atoms with van der Waals surface area (Å²) in [6.07, 6.45) is 3.84. The van der Waals surface area contributed by atoms with Crippen LogP contribution in [-0.4, -0.2) is 9.97 Å². The Balaban J connectivity index is 1.21. The predicted octanol–water partition coefficient (Wildman–Crippen LogP) is 10.9. The highest BCUT2D eigenvalue weighted by Gasteiger charge is 2.48. The van der Waals surface area contributed by atoms with E-state index in [0.717, 1.165) is 22.5 Å². The van der Waals surface area contributed by atoms with Crippen LogP contribution in [0.5, 0.6) is 0 Å². The zero-order chi connectivity index (χ0) is 33.1. The van der Waals surface area contributed by atoms with Crippen molar-refractivity contribution in [3.05, 3.63) is 239 Å². The summed E-state index contributed by atoms with van der Waals surface area (Å²) in [5, 5.41) is 0. The van der Waals surface area contributed by atoms with E-state index in [-0.39, 0.29) is 0 Å². The van der Waals surface area contributed by atoms with Crippen molar-refractivity contribution in [1.82, 2.24) is 9.97 Å². The Hall–Kier alpha value is -6.38. The molecule has 0 bridgehead atoms. The Morgan fingerprint density at radius 1 is 0.300 bits per heavy atom. The van der Waals surface area contributed by atoms with E-state index in [1.54, 1.807) is 0 Å². The van der Waals surface area contributed by atoms with E-state index in [2.05, 4.69) is 170 Å². The van der Waals surface area contributed by atoms with Gasteiger partial charge in [-0.3, -0.25) is 9.97 Å². The van der Waals surface area contributed by atoms with E-state index in [1.807, 2.05) is 24.5 Å². The maximum absolute atomic E-state index is 5.05. The van der Waals surface area contributed by atoms with Gasteiger partial charge >= 0.3 is 0 Å². The third kappa shape index (κ3) is 3.85. The Morgan fingerprint density at radius 3 is 0.980 bits per heavy atom. The number of hydrogen-bond donors (Lipinski definition) is 0. The Kier molecular flexibility index (Phi) is 6.34. The van der Waals surface area contributed by atoms with Crippen molar-refractivity contribution >= 4 is 0 Å². The molecule has 0 unspecified atom stereocenters. The van der Waals surface area contributed by atoms with E-state index in [9.17, 15) is 0 Å². The fraction of sp³-hybridized carbons (Fsp3) is 0.0417. The van der Waals surface area contributed by atoms with Crippen molar-refractivity contribution in [2.24, 2.45) is 0 Å². The molecule has 234 valence electrons. The van der Waals surface area contributed by atoms with Gasteiger partial charge in [-0.25, -0.2) is 0 Å². The molecule has 0 amide bonds. The molecule has 0 radical (unpaired) electrons. The minimum absolute atomic E-state index is 0.555. The number of fused-ring (bicyclic) bond motifs is 6. The highest BCUT2D eigenvalue weighted by Crippen LogP contribution is 2.57. The summed E-state index contributed by atoms with van der Waals surface area (Å²) < 4.78 is 0. The second-order valence-corrected chi connectivity index (χ2v) is 13.3. The summed E-state index contributed by atoms with van der Waals surface area (Å²) in [5.41, 5.74) is 15.8. The standard InChI is InChI=1S/C48H32N2/c1-5-23-41-37(19-1)38-20-2-6-24-42(38)47(41,45-27-9-11-29-49-45)35-17-13-15-33(31-35)34-16-14-18-36(32-34)48(46-28-10-12-30-50-46)43-25-7-3-21-39(43)40-22-4-8-26-44(40)48/h1-32H. The molecule has 0 saturated heterocycles. The van der Waals surface area contributed by atoms with E-state index in [4.69, 9.17) is 9.97 Å². The van der Waals surface area contributed by atoms with Gasteiger partial charge in [0.1, 0.15) is 0 Å². The quantitative estimate of drug-likeness (QED) is 0.188. The van der Waals surface area contributed by atoms with Gasteiger partial charge < -0.3 is 0 Å². The van der Waals surface area contributed by atoms with Crippen LogP contribution in [0.4, 0.5) is 0 Å². The first-order chi connectivity index (χ1) is 24.8. The molecule has 50 heavy (non-hydrogen) atoms. The average molecular weight is 637 g/mol. The van der Waals surface area contributed by atoms with Crippen LogP contribution >= 0.6 is 0 Å². The van der Waals surface area contributed by atoms with Gasteiger partial charge in [-0.05, 0) is 103 Å². The van der Waals surface area contributed by atoms with Crippen molar-refractivity contribution in [1.29, 1.82) is 0 Å². The van der Waals surface area contributed by atoms with E-state index in [0.29, 0.717) is 0 Å². The molecule has 2 heteroatoms. The van der Waals surface area contributed by atoms with E-state index in [1.165, 1.54) is 55.6 Å². The first-order valence-corrected chi connectivity index (χ1v) is 17.2. The molecule has 0 spiro atoms. The van der Waals surface area contributed by atoms with Crippen LogP contribution in [0.1, 0.15) is 44.8 Å². The summed E-state index contributed by atoms with van der Waals surface area (Å²) in [5.74, 6) is 0. The minimum atomic E-state index is -0.555. The van der Waals surface area contributed by atoms with Gasteiger partial charge in [0.05, 0.1) is 22.2 Å². The number of nitrogens with zero attached hydrogens (tertiary/aromatic N) is 2. The fourth-order valence-corrected chi connectivity index (χ4v) is 8.97. The van der Waals surface area contributed by atoms with Crippen molar-refractivity contribution in [2.45, 2.75) is 10.8 Å². The van der Waals surface area contributed by atoms with E-state index < -0.39 is 10.8 Å². The monoisotopic (exact) mass is 636 g/mol. The smallest absolute Gasteiger partial charge is 0.0886 e. The van der Waals surface area contributed by atoms with Crippen LogP contribution in [-0.2, 0) is 10.8 Å². The van der Waals surface area contributed by atoms with Gasteiger partial charge in [-0.15, -0.1) is 0 Å². The number of pyridine rings is 2. The molecule has 2 heterocycles. The summed E-state index contributed by atoms with van der Waals surface area (Å²) in [4.78, 5) is 10.1. The van der Waals surface area contributed by atoms with Gasteiger partial charge in [-0.1, -0.05) is 146 Å². The van der Waals surface area contributed by atoms with Gasteiger partial charge in [0.2, 0.25) is 0 Å². The average Bonchev–Trinajstić information content (AvgIpc) is 3.68. The molecule has 0 aliphatic heterocycles. The lowest BCUT2D eigenvalue weighted by atomic mass is 9.68.